The van der Waals surface area contributed by atoms with Crippen LogP contribution in [-0.2, 0) is 16.5 Å². The molecule has 0 bridgehead atoms. The van der Waals surface area contributed by atoms with Gasteiger partial charge < -0.3 is 19.7 Å². The standard InChI is InChI=1S/C24H24N2O4.Ni/c1-15-9-21(25-13-17-5-7-19(29-3)11-23(17)27)22(10-16(15)2)26-14-18-6-8-20(30-4)12-24(18)28;/h5-14,27-28H,1-4H3;/q;+2/p-2. The molecule has 0 saturated carbocycles. The Balaban J connectivity index is 0.00000341. The zero-order chi connectivity index (χ0) is 21.7. The van der Waals surface area contributed by atoms with Crippen LogP contribution in [0, 0.1) is 13.8 Å². The van der Waals surface area contributed by atoms with Crippen molar-refractivity contribution in [3.63, 3.8) is 0 Å². The van der Waals surface area contributed by atoms with E-state index in [0.29, 0.717) is 34.0 Å². The third-order valence-electron chi connectivity index (χ3n) is 4.72. The number of rotatable bonds is 6. The average Bonchev–Trinajstić information content (AvgIpc) is 2.74. The zero-order valence-corrected chi connectivity index (χ0v) is 18.6. The van der Waals surface area contributed by atoms with E-state index in [1.54, 1.807) is 24.3 Å². The third-order valence-corrected chi connectivity index (χ3v) is 4.72. The molecule has 0 N–H and O–H groups in total. The van der Waals surface area contributed by atoms with E-state index in [-0.39, 0.29) is 28.0 Å². The molecule has 0 amide bonds. The molecule has 31 heavy (non-hydrogen) atoms. The number of nitrogens with zero attached hydrogens (tertiary/aromatic N) is 2. The summed E-state index contributed by atoms with van der Waals surface area (Å²) in [4.78, 5) is 8.96. The summed E-state index contributed by atoms with van der Waals surface area (Å²) in [6, 6.07) is 13.4. The van der Waals surface area contributed by atoms with Crippen LogP contribution in [0.25, 0.3) is 0 Å². The molecule has 162 valence electrons. The van der Waals surface area contributed by atoms with Crippen LogP contribution in [0.15, 0.2) is 58.5 Å². The van der Waals surface area contributed by atoms with Crippen molar-refractivity contribution in [2.45, 2.75) is 13.8 Å². The molecular weight excluding hydrogens is 439 g/mol. The molecule has 0 saturated heterocycles. The Bertz CT molecular complexity index is 1040. The van der Waals surface area contributed by atoms with Gasteiger partial charge in [0.05, 0.1) is 25.6 Å². The Labute approximate surface area is 191 Å². The van der Waals surface area contributed by atoms with Crippen LogP contribution < -0.4 is 19.7 Å². The number of benzene rings is 3. The molecule has 0 aliphatic carbocycles. The topological polar surface area (TPSA) is 89.3 Å². The first-order valence-electron chi connectivity index (χ1n) is 9.30. The van der Waals surface area contributed by atoms with Crippen molar-refractivity contribution in [1.29, 1.82) is 0 Å². The molecule has 0 unspecified atom stereocenters. The maximum Gasteiger partial charge on any atom is 2.00 e. The van der Waals surface area contributed by atoms with E-state index < -0.39 is 0 Å². The largest absolute Gasteiger partial charge is 2.00 e. The van der Waals surface area contributed by atoms with E-state index >= 15 is 0 Å². The maximum absolute atomic E-state index is 12.2. The van der Waals surface area contributed by atoms with E-state index in [0.717, 1.165) is 11.1 Å². The second kappa shape index (κ2) is 10.6. The van der Waals surface area contributed by atoms with Crippen LogP contribution in [0.4, 0.5) is 11.4 Å². The summed E-state index contributed by atoms with van der Waals surface area (Å²) in [5.74, 6) is 0.644. The summed E-state index contributed by atoms with van der Waals surface area (Å²) in [7, 11) is 3.02. The Morgan fingerprint density at radius 2 is 1.06 bits per heavy atom. The smallest absolute Gasteiger partial charge is 0.872 e. The van der Waals surface area contributed by atoms with Gasteiger partial charge in [-0.25, -0.2) is 0 Å². The molecule has 0 radical (unpaired) electrons. The van der Waals surface area contributed by atoms with Crippen molar-refractivity contribution in [1.82, 2.24) is 0 Å². The molecule has 7 heteroatoms. The monoisotopic (exact) mass is 460 g/mol. The van der Waals surface area contributed by atoms with Crippen LogP contribution in [0.5, 0.6) is 23.0 Å². The first kappa shape index (κ1) is 24.0. The molecule has 0 aliphatic rings. The fourth-order valence-corrected chi connectivity index (χ4v) is 2.77. The maximum atomic E-state index is 12.2. The fourth-order valence-electron chi connectivity index (χ4n) is 2.77. The minimum absolute atomic E-state index is 0. The van der Waals surface area contributed by atoms with Gasteiger partial charge in [-0.2, -0.15) is 0 Å². The number of methoxy groups -OCH3 is 2. The average molecular weight is 461 g/mol. The first-order valence-corrected chi connectivity index (χ1v) is 9.30. The van der Waals surface area contributed by atoms with E-state index in [2.05, 4.69) is 9.98 Å². The number of aryl methyl sites for hydroxylation is 2. The summed E-state index contributed by atoms with van der Waals surface area (Å²) in [5.41, 5.74) is 4.19. The predicted molar refractivity (Wildman–Crippen MR) is 115 cm³/mol. The second-order valence-electron chi connectivity index (χ2n) is 6.75. The van der Waals surface area contributed by atoms with Gasteiger partial charge in [0.1, 0.15) is 11.5 Å². The normalized spacial score (nSPS) is 11.0. The van der Waals surface area contributed by atoms with Crippen molar-refractivity contribution in [2.75, 3.05) is 14.2 Å². The Morgan fingerprint density at radius 1 is 0.677 bits per heavy atom. The van der Waals surface area contributed by atoms with Crippen molar-refractivity contribution < 1.29 is 36.2 Å². The van der Waals surface area contributed by atoms with Crippen LogP contribution >= 0.6 is 0 Å². The van der Waals surface area contributed by atoms with Crippen LogP contribution in [0.3, 0.4) is 0 Å². The first-order chi connectivity index (χ1) is 14.4. The molecule has 0 aromatic heterocycles. The molecule has 0 fully saturated rings. The summed E-state index contributed by atoms with van der Waals surface area (Å²) in [6.45, 7) is 3.96. The van der Waals surface area contributed by atoms with E-state index in [1.807, 2.05) is 26.0 Å². The molecule has 0 spiro atoms. The molecule has 3 rings (SSSR count). The Morgan fingerprint density at radius 3 is 1.39 bits per heavy atom. The zero-order valence-electron chi connectivity index (χ0n) is 17.6. The minimum Gasteiger partial charge on any atom is -0.872 e. The van der Waals surface area contributed by atoms with Gasteiger partial charge in [0, 0.05) is 12.4 Å². The van der Waals surface area contributed by atoms with Crippen molar-refractivity contribution in [3.05, 3.63) is 70.8 Å². The van der Waals surface area contributed by atoms with Gasteiger partial charge >= 0.3 is 16.5 Å². The quantitative estimate of drug-likeness (QED) is 0.411. The number of hydrogen-bond acceptors (Lipinski definition) is 6. The summed E-state index contributed by atoms with van der Waals surface area (Å²) < 4.78 is 10.1. The SMILES string of the molecule is COc1ccc(C=Nc2cc(C)c(C)cc2N=Cc2ccc(OC)cc2[O-])c([O-])c1.[Ni+2]. The number of hydrogen-bond donors (Lipinski definition) is 0. The van der Waals surface area contributed by atoms with Crippen molar-refractivity contribution >= 4 is 23.8 Å². The van der Waals surface area contributed by atoms with E-state index in [4.69, 9.17) is 9.47 Å². The fraction of sp³-hybridized carbons (Fsp3) is 0.167. The van der Waals surface area contributed by atoms with Gasteiger partial charge in [-0.3, -0.25) is 9.98 Å². The summed E-state index contributed by atoms with van der Waals surface area (Å²) in [5, 5.41) is 24.4. The van der Waals surface area contributed by atoms with E-state index in [9.17, 15) is 10.2 Å². The third kappa shape index (κ3) is 5.86. The number of aliphatic imine (C=N–C) groups is 2. The number of ether oxygens (including phenoxy) is 2. The van der Waals surface area contributed by atoms with Crippen molar-refractivity contribution in [3.8, 4) is 23.0 Å². The van der Waals surface area contributed by atoms with Gasteiger partial charge in [-0.1, -0.05) is 23.6 Å². The molecule has 0 aliphatic heterocycles. The Hall–Kier alpha value is -3.31. The summed E-state index contributed by atoms with van der Waals surface area (Å²) >= 11 is 0. The van der Waals surface area contributed by atoms with Gasteiger partial charge in [-0.15, -0.1) is 0 Å². The molecule has 0 atom stereocenters. The van der Waals surface area contributed by atoms with Gasteiger partial charge in [0.2, 0.25) is 0 Å². The van der Waals surface area contributed by atoms with Crippen LogP contribution in [0.2, 0.25) is 0 Å². The Kier molecular flexibility index (Phi) is 8.23. The molecule has 3 aromatic rings. The molecule has 6 nitrogen and oxygen atoms in total. The van der Waals surface area contributed by atoms with Crippen LogP contribution in [0.1, 0.15) is 22.3 Å². The van der Waals surface area contributed by atoms with Gasteiger partial charge in [0.25, 0.3) is 0 Å². The van der Waals surface area contributed by atoms with Crippen molar-refractivity contribution in [2.24, 2.45) is 9.98 Å². The van der Waals surface area contributed by atoms with Crippen LogP contribution in [-0.4, -0.2) is 26.6 Å². The van der Waals surface area contributed by atoms with Gasteiger partial charge in [0.15, 0.2) is 0 Å². The molecule has 3 aromatic carbocycles. The predicted octanol–water partition coefficient (Wildman–Crippen LogP) is 3.97. The minimum atomic E-state index is -0.179. The summed E-state index contributed by atoms with van der Waals surface area (Å²) in [6.07, 6.45) is 3.02. The molecule has 0 heterocycles. The van der Waals surface area contributed by atoms with Gasteiger partial charge in [-0.05, 0) is 72.5 Å². The molecular formula is C24H22N2NiO4. The van der Waals surface area contributed by atoms with E-state index in [1.165, 1.54) is 38.8 Å². The second-order valence-corrected chi connectivity index (χ2v) is 6.75.